The summed E-state index contributed by atoms with van der Waals surface area (Å²) >= 11 is 0. The fourth-order valence-corrected chi connectivity index (χ4v) is 4.17. The van der Waals surface area contributed by atoms with Crippen LogP contribution in [0.25, 0.3) is 0 Å². The van der Waals surface area contributed by atoms with Crippen LogP contribution >= 0.6 is 0 Å². The van der Waals surface area contributed by atoms with E-state index in [9.17, 15) is 9.59 Å². The maximum atomic E-state index is 12.2. The highest BCUT2D eigenvalue weighted by atomic mass is 16.2. The van der Waals surface area contributed by atoms with Gasteiger partial charge in [0.2, 0.25) is 0 Å². The van der Waals surface area contributed by atoms with Crippen molar-refractivity contribution in [1.29, 1.82) is 0 Å². The van der Waals surface area contributed by atoms with Gasteiger partial charge in [0.15, 0.2) is 24.8 Å². The second kappa shape index (κ2) is 18.5. The Morgan fingerprint density at radius 2 is 0.917 bits per heavy atom. The fourth-order valence-electron chi connectivity index (χ4n) is 4.17. The minimum Gasteiger partial charge on any atom is -0.352 e. The topological polar surface area (TPSA) is 66.0 Å². The number of hydrogen-bond acceptors (Lipinski definition) is 2. The number of rotatable bonds is 19. The number of hydrogen-bond donors (Lipinski definition) is 2. The Kier molecular flexibility index (Phi) is 15.1. The monoisotopic (exact) mass is 496 g/mol. The van der Waals surface area contributed by atoms with E-state index in [0.29, 0.717) is 0 Å². The van der Waals surface area contributed by atoms with Gasteiger partial charge in [-0.15, -0.1) is 0 Å². The molecule has 2 rings (SSSR count). The van der Waals surface area contributed by atoms with Crippen molar-refractivity contribution >= 4 is 11.8 Å². The van der Waals surface area contributed by atoms with Gasteiger partial charge >= 0.3 is 0 Å². The number of nitrogens with one attached hydrogen (secondary N) is 2. The van der Waals surface area contributed by atoms with Gasteiger partial charge in [-0.05, 0) is 25.7 Å². The first-order valence-corrected chi connectivity index (χ1v) is 14.2. The van der Waals surface area contributed by atoms with E-state index in [1.165, 1.54) is 51.4 Å². The van der Waals surface area contributed by atoms with E-state index in [-0.39, 0.29) is 11.8 Å². The molecule has 0 saturated heterocycles. The molecule has 0 spiro atoms. The summed E-state index contributed by atoms with van der Waals surface area (Å²) in [5.41, 5.74) is 1.46. The quantitative estimate of drug-likeness (QED) is 0.209. The van der Waals surface area contributed by atoms with Crippen LogP contribution < -0.4 is 19.8 Å². The van der Waals surface area contributed by atoms with Crippen LogP contribution in [0, 0.1) is 0 Å². The second-order valence-electron chi connectivity index (χ2n) is 9.70. The fraction of sp³-hybridized carbons (Fsp3) is 0.600. The van der Waals surface area contributed by atoms with Crippen LogP contribution in [-0.4, -0.2) is 24.9 Å². The smallest absolute Gasteiger partial charge is 0.251 e. The van der Waals surface area contributed by atoms with Gasteiger partial charge in [-0.3, -0.25) is 9.59 Å². The Morgan fingerprint density at radius 1 is 0.556 bits per heavy atom. The zero-order valence-electron chi connectivity index (χ0n) is 22.6. The first kappa shape index (κ1) is 29.5. The van der Waals surface area contributed by atoms with Gasteiger partial charge in [0.05, 0.1) is 11.1 Å². The molecule has 0 bridgehead atoms. The van der Waals surface area contributed by atoms with Gasteiger partial charge in [0.1, 0.15) is 13.1 Å². The molecule has 0 saturated carbocycles. The number of pyridine rings is 2. The summed E-state index contributed by atoms with van der Waals surface area (Å²) in [7, 11) is 0. The van der Waals surface area contributed by atoms with Crippen LogP contribution in [-0.2, 0) is 13.1 Å². The Morgan fingerprint density at radius 3 is 1.28 bits per heavy atom. The molecule has 36 heavy (non-hydrogen) atoms. The van der Waals surface area contributed by atoms with E-state index in [2.05, 4.69) is 33.6 Å². The highest BCUT2D eigenvalue weighted by Gasteiger charge is 2.09. The maximum Gasteiger partial charge on any atom is 0.251 e. The number of unbranched alkanes of at least 4 members (excludes halogenated alkanes) is 9. The predicted molar refractivity (Wildman–Crippen MR) is 145 cm³/mol. The Hall–Kier alpha value is -2.76. The molecule has 2 amide bonds. The summed E-state index contributed by atoms with van der Waals surface area (Å²) in [5.74, 6) is 0.0411. The number of aryl methyl sites for hydroxylation is 2. The molecule has 0 aliphatic heterocycles. The highest BCUT2D eigenvalue weighted by molar-refractivity contribution is 5.94. The molecular weight excluding hydrogens is 448 g/mol. The lowest BCUT2D eigenvalue weighted by Gasteiger charge is -2.05. The third kappa shape index (κ3) is 12.3. The normalized spacial score (nSPS) is 10.8. The van der Waals surface area contributed by atoms with Crippen molar-refractivity contribution in [2.75, 3.05) is 13.1 Å². The van der Waals surface area contributed by atoms with Gasteiger partial charge in [0.25, 0.3) is 11.8 Å². The number of aromatic nitrogens is 2. The average Bonchev–Trinajstić information content (AvgIpc) is 2.91. The van der Waals surface area contributed by atoms with Crippen molar-refractivity contribution in [2.24, 2.45) is 0 Å². The molecule has 0 fully saturated rings. The lowest BCUT2D eigenvalue weighted by molar-refractivity contribution is -0.698. The minimum absolute atomic E-state index is 0.0206. The Labute approximate surface area is 218 Å². The summed E-state index contributed by atoms with van der Waals surface area (Å²) in [6.45, 7) is 7.82. The highest BCUT2D eigenvalue weighted by Crippen LogP contribution is 2.03. The summed E-state index contributed by atoms with van der Waals surface area (Å²) in [5, 5.41) is 6.02. The van der Waals surface area contributed by atoms with Gasteiger partial charge in [-0.25, -0.2) is 9.13 Å². The third-order valence-corrected chi connectivity index (χ3v) is 6.52. The van der Waals surface area contributed by atoms with Gasteiger partial charge < -0.3 is 10.6 Å². The summed E-state index contributed by atoms with van der Waals surface area (Å²) in [4.78, 5) is 24.4. The van der Waals surface area contributed by atoms with Crippen molar-refractivity contribution in [3.8, 4) is 0 Å². The SMILES string of the molecule is CCCCCCNC(=O)c1cc[n+](CCCCCC[n+]2ccc(C(=O)NCCCCCC)cc2)cc1. The molecule has 0 radical (unpaired) electrons. The summed E-state index contributed by atoms with van der Waals surface area (Å²) in [6, 6.07) is 7.64. The average molecular weight is 497 g/mol. The first-order valence-electron chi connectivity index (χ1n) is 14.2. The molecule has 0 aliphatic rings. The molecule has 0 atom stereocenters. The van der Waals surface area contributed by atoms with E-state index in [4.69, 9.17) is 0 Å². The van der Waals surface area contributed by atoms with E-state index >= 15 is 0 Å². The van der Waals surface area contributed by atoms with Crippen LogP contribution in [0.15, 0.2) is 49.1 Å². The Balaban J connectivity index is 1.56. The van der Waals surface area contributed by atoms with E-state index < -0.39 is 0 Å². The molecule has 2 aromatic heterocycles. The summed E-state index contributed by atoms with van der Waals surface area (Å²) < 4.78 is 4.31. The Bertz CT molecular complexity index is 792. The zero-order valence-corrected chi connectivity index (χ0v) is 22.6. The maximum absolute atomic E-state index is 12.2. The first-order chi connectivity index (χ1) is 17.6. The van der Waals surface area contributed by atoms with Crippen LogP contribution in [0.2, 0.25) is 0 Å². The van der Waals surface area contributed by atoms with Gasteiger partial charge in [-0.2, -0.15) is 0 Å². The largest absolute Gasteiger partial charge is 0.352 e. The van der Waals surface area contributed by atoms with E-state index in [1.54, 1.807) is 0 Å². The number of carbonyl (C=O) groups is 2. The standard InChI is InChI=1S/C30H46N4O2/c1-3-5-7-11-19-31-29(35)27-15-23-33(24-16-27)21-13-9-10-14-22-34-25-17-28(18-26-34)30(36)32-20-12-8-6-4-2/h15-18,23-26H,3-14,19-22H2,1-2H3/p+2. The van der Waals surface area contributed by atoms with Crippen molar-refractivity contribution in [3.05, 3.63) is 60.2 Å². The predicted octanol–water partition coefficient (Wildman–Crippen LogP) is 5.14. The zero-order chi connectivity index (χ0) is 25.8. The third-order valence-electron chi connectivity index (χ3n) is 6.52. The molecule has 0 aliphatic carbocycles. The minimum atomic E-state index is 0.0206. The van der Waals surface area contributed by atoms with Crippen LogP contribution in [0.3, 0.4) is 0 Å². The molecular formula is C30H48N4O2+2. The molecule has 6 nitrogen and oxygen atoms in total. The van der Waals surface area contributed by atoms with Crippen molar-refractivity contribution in [2.45, 2.75) is 104 Å². The van der Waals surface area contributed by atoms with Gasteiger partial charge in [-0.1, -0.05) is 52.4 Å². The molecule has 2 aromatic rings. The molecule has 0 aromatic carbocycles. The van der Waals surface area contributed by atoms with Crippen molar-refractivity contribution in [3.63, 3.8) is 0 Å². The van der Waals surface area contributed by atoms with Crippen molar-refractivity contribution in [1.82, 2.24) is 10.6 Å². The molecule has 2 heterocycles. The molecule has 198 valence electrons. The molecule has 6 heteroatoms. The lowest BCUT2D eigenvalue weighted by Crippen LogP contribution is -2.34. The number of carbonyl (C=O) groups excluding carboxylic acids is 2. The molecule has 2 N–H and O–H groups in total. The number of amides is 2. The molecule has 0 unspecified atom stereocenters. The second-order valence-corrected chi connectivity index (χ2v) is 9.70. The van der Waals surface area contributed by atoms with E-state index in [0.717, 1.165) is 63.0 Å². The summed E-state index contributed by atoms with van der Waals surface area (Å²) in [6.07, 6.45) is 21.9. The van der Waals surface area contributed by atoms with Crippen LogP contribution in [0.5, 0.6) is 0 Å². The van der Waals surface area contributed by atoms with E-state index in [1.807, 2.05) is 49.1 Å². The van der Waals surface area contributed by atoms with Crippen LogP contribution in [0.4, 0.5) is 0 Å². The van der Waals surface area contributed by atoms with Crippen molar-refractivity contribution < 1.29 is 18.7 Å². The van der Waals surface area contributed by atoms with Gasteiger partial charge in [0, 0.05) is 50.2 Å². The lowest BCUT2D eigenvalue weighted by atomic mass is 10.2. The van der Waals surface area contributed by atoms with Crippen LogP contribution in [0.1, 0.15) is 112 Å². The number of nitrogens with zero attached hydrogens (tertiary/aromatic N) is 2.